The Bertz CT molecular complexity index is 368. The lowest BCUT2D eigenvalue weighted by atomic mass is 10.2. The zero-order valence-corrected chi connectivity index (χ0v) is 9.00. The second kappa shape index (κ2) is 6.07. The maximum atomic E-state index is 13.0. The van der Waals surface area contributed by atoms with Gasteiger partial charge in [0, 0.05) is 25.9 Å². The van der Waals surface area contributed by atoms with Gasteiger partial charge in [-0.25, -0.2) is 9.18 Å². The molecule has 1 aromatic rings. The van der Waals surface area contributed by atoms with E-state index in [1.165, 1.54) is 12.1 Å². The average molecular weight is 227 g/mol. The van der Waals surface area contributed by atoms with Crippen molar-refractivity contribution in [2.75, 3.05) is 25.6 Å². The molecule has 0 radical (unpaired) electrons. The Morgan fingerprint density at radius 2 is 2.25 bits per heavy atom. The molecule has 0 aliphatic rings. The van der Waals surface area contributed by atoms with Gasteiger partial charge in [0.15, 0.2) is 0 Å². The highest BCUT2D eigenvalue weighted by Crippen LogP contribution is 2.14. The standard InChI is InChI=1S/C11H14FNO3/c1-16-4-2-3-13-10-6-8(11(14)15)5-9(12)7-10/h5-7,13H,2-4H2,1H3,(H,14,15). The lowest BCUT2D eigenvalue weighted by Crippen LogP contribution is -2.06. The molecular weight excluding hydrogens is 213 g/mol. The van der Waals surface area contributed by atoms with Crippen molar-refractivity contribution in [1.82, 2.24) is 0 Å². The van der Waals surface area contributed by atoms with E-state index in [9.17, 15) is 9.18 Å². The number of rotatable bonds is 6. The minimum absolute atomic E-state index is 0.0609. The Morgan fingerprint density at radius 3 is 2.88 bits per heavy atom. The summed E-state index contributed by atoms with van der Waals surface area (Å²) >= 11 is 0. The lowest BCUT2D eigenvalue weighted by molar-refractivity contribution is 0.0696. The molecule has 0 saturated carbocycles. The fraction of sp³-hybridized carbons (Fsp3) is 0.364. The number of ether oxygens (including phenoxy) is 1. The molecule has 0 bridgehead atoms. The molecule has 1 rings (SSSR count). The summed E-state index contributed by atoms with van der Waals surface area (Å²) in [6.07, 6.45) is 0.773. The average Bonchev–Trinajstić information content (AvgIpc) is 2.23. The Hall–Kier alpha value is -1.62. The number of hydrogen-bond acceptors (Lipinski definition) is 3. The Morgan fingerprint density at radius 1 is 1.50 bits per heavy atom. The van der Waals surface area contributed by atoms with E-state index in [4.69, 9.17) is 9.84 Å². The molecule has 0 aromatic heterocycles. The maximum absolute atomic E-state index is 13.0. The summed E-state index contributed by atoms with van der Waals surface area (Å²) < 4.78 is 17.9. The van der Waals surface area contributed by atoms with Crippen molar-refractivity contribution in [3.05, 3.63) is 29.6 Å². The van der Waals surface area contributed by atoms with Crippen LogP contribution in [-0.4, -0.2) is 31.3 Å². The zero-order valence-electron chi connectivity index (χ0n) is 9.00. The van der Waals surface area contributed by atoms with Crippen LogP contribution in [0.25, 0.3) is 0 Å². The van der Waals surface area contributed by atoms with Crippen molar-refractivity contribution >= 4 is 11.7 Å². The molecule has 0 unspecified atom stereocenters. The highest BCUT2D eigenvalue weighted by molar-refractivity contribution is 5.88. The number of halogens is 1. The third kappa shape index (κ3) is 3.86. The number of hydrogen-bond donors (Lipinski definition) is 2. The van der Waals surface area contributed by atoms with Crippen molar-refractivity contribution in [3.8, 4) is 0 Å². The highest BCUT2D eigenvalue weighted by Gasteiger charge is 2.06. The van der Waals surface area contributed by atoms with Crippen LogP contribution in [0.5, 0.6) is 0 Å². The van der Waals surface area contributed by atoms with Crippen LogP contribution in [-0.2, 0) is 4.74 Å². The van der Waals surface area contributed by atoms with Gasteiger partial charge in [-0.05, 0) is 24.6 Å². The fourth-order valence-electron chi connectivity index (χ4n) is 1.26. The van der Waals surface area contributed by atoms with Crippen molar-refractivity contribution in [2.24, 2.45) is 0 Å². The third-order valence-electron chi connectivity index (χ3n) is 2.00. The second-order valence-electron chi connectivity index (χ2n) is 3.31. The monoisotopic (exact) mass is 227 g/mol. The Balaban J connectivity index is 2.62. The molecule has 0 aliphatic heterocycles. The number of aromatic carboxylic acids is 1. The number of anilines is 1. The van der Waals surface area contributed by atoms with Crippen LogP contribution < -0.4 is 5.32 Å². The van der Waals surface area contributed by atoms with Gasteiger partial charge in [0.25, 0.3) is 0 Å². The first-order chi connectivity index (χ1) is 7.63. The summed E-state index contributed by atoms with van der Waals surface area (Å²) in [7, 11) is 1.60. The third-order valence-corrected chi connectivity index (χ3v) is 2.00. The SMILES string of the molecule is COCCCNc1cc(F)cc(C(=O)O)c1. The molecule has 88 valence electrons. The molecule has 0 aliphatic carbocycles. The summed E-state index contributed by atoms with van der Waals surface area (Å²) in [5.74, 6) is -1.70. The molecule has 0 amide bonds. The molecule has 2 N–H and O–H groups in total. The van der Waals surface area contributed by atoms with Crippen molar-refractivity contribution in [2.45, 2.75) is 6.42 Å². The van der Waals surface area contributed by atoms with Gasteiger partial charge in [-0.1, -0.05) is 0 Å². The normalized spacial score (nSPS) is 10.1. The number of nitrogens with one attached hydrogen (secondary N) is 1. The van der Waals surface area contributed by atoms with Crippen LogP contribution in [0.2, 0.25) is 0 Å². The predicted molar refractivity (Wildman–Crippen MR) is 58.3 cm³/mol. The van der Waals surface area contributed by atoms with Crippen LogP contribution in [0.1, 0.15) is 16.8 Å². The minimum Gasteiger partial charge on any atom is -0.478 e. The topological polar surface area (TPSA) is 58.6 Å². The van der Waals surface area contributed by atoms with Crippen LogP contribution in [0.3, 0.4) is 0 Å². The first-order valence-electron chi connectivity index (χ1n) is 4.90. The summed E-state index contributed by atoms with van der Waals surface area (Å²) in [6.45, 7) is 1.21. The number of methoxy groups -OCH3 is 1. The fourth-order valence-corrected chi connectivity index (χ4v) is 1.26. The Kier molecular flexibility index (Phi) is 4.72. The number of carboxylic acids is 1. The molecule has 1 aromatic carbocycles. The van der Waals surface area contributed by atoms with E-state index in [0.29, 0.717) is 18.8 Å². The van der Waals surface area contributed by atoms with E-state index in [-0.39, 0.29) is 5.56 Å². The van der Waals surface area contributed by atoms with Gasteiger partial charge in [0.1, 0.15) is 5.82 Å². The van der Waals surface area contributed by atoms with Gasteiger partial charge in [-0.3, -0.25) is 0 Å². The van der Waals surface area contributed by atoms with Crippen molar-refractivity contribution < 1.29 is 19.0 Å². The van der Waals surface area contributed by atoms with Crippen LogP contribution in [0, 0.1) is 5.82 Å². The number of benzene rings is 1. The summed E-state index contributed by atoms with van der Waals surface area (Å²) in [5, 5.41) is 11.7. The van der Waals surface area contributed by atoms with Crippen molar-refractivity contribution in [1.29, 1.82) is 0 Å². The van der Waals surface area contributed by atoms with Gasteiger partial charge < -0.3 is 15.2 Å². The van der Waals surface area contributed by atoms with Gasteiger partial charge in [0.05, 0.1) is 5.56 Å². The maximum Gasteiger partial charge on any atom is 0.335 e. The van der Waals surface area contributed by atoms with Gasteiger partial charge in [-0.15, -0.1) is 0 Å². The molecule has 0 atom stereocenters. The largest absolute Gasteiger partial charge is 0.478 e. The van der Waals surface area contributed by atoms with E-state index in [2.05, 4.69) is 5.32 Å². The van der Waals surface area contributed by atoms with Crippen LogP contribution >= 0.6 is 0 Å². The molecule has 5 heteroatoms. The lowest BCUT2D eigenvalue weighted by Gasteiger charge is -2.07. The van der Waals surface area contributed by atoms with Crippen molar-refractivity contribution in [3.63, 3.8) is 0 Å². The number of carboxylic acid groups (broad SMARTS) is 1. The summed E-state index contributed by atoms with van der Waals surface area (Å²) in [4.78, 5) is 10.7. The van der Waals surface area contributed by atoms with E-state index in [1.807, 2.05) is 0 Å². The molecule has 0 heterocycles. The summed E-state index contributed by atoms with van der Waals surface area (Å²) in [5.41, 5.74) is 0.405. The zero-order chi connectivity index (χ0) is 12.0. The van der Waals surface area contributed by atoms with Crippen LogP contribution in [0.4, 0.5) is 10.1 Å². The quantitative estimate of drug-likeness (QED) is 0.729. The smallest absolute Gasteiger partial charge is 0.335 e. The van der Waals surface area contributed by atoms with Crippen LogP contribution in [0.15, 0.2) is 18.2 Å². The summed E-state index contributed by atoms with van der Waals surface area (Å²) in [6, 6.07) is 3.65. The second-order valence-corrected chi connectivity index (χ2v) is 3.31. The predicted octanol–water partition coefficient (Wildman–Crippen LogP) is 1.97. The molecular formula is C11H14FNO3. The molecule has 0 fully saturated rings. The van der Waals surface area contributed by atoms with Gasteiger partial charge in [0.2, 0.25) is 0 Å². The van der Waals surface area contributed by atoms with E-state index in [1.54, 1.807) is 7.11 Å². The van der Waals surface area contributed by atoms with E-state index < -0.39 is 11.8 Å². The highest BCUT2D eigenvalue weighted by atomic mass is 19.1. The molecule has 4 nitrogen and oxygen atoms in total. The molecule has 0 saturated heterocycles. The number of carbonyl (C=O) groups is 1. The van der Waals surface area contributed by atoms with Gasteiger partial charge in [-0.2, -0.15) is 0 Å². The van der Waals surface area contributed by atoms with Gasteiger partial charge >= 0.3 is 5.97 Å². The first kappa shape index (κ1) is 12.4. The Labute approximate surface area is 93.0 Å². The first-order valence-corrected chi connectivity index (χ1v) is 4.90. The minimum atomic E-state index is -1.14. The van der Waals surface area contributed by atoms with E-state index in [0.717, 1.165) is 12.5 Å². The molecule has 0 spiro atoms. The van der Waals surface area contributed by atoms with E-state index >= 15 is 0 Å². The molecule has 16 heavy (non-hydrogen) atoms.